The first-order chi connectivity index (χ1) is 7.31. The highest BCUT2D eigenvalue weighted by atomic mass is 16.6. The lowest BCUT2D eigenvalue weighted by Crippen LogP contribution is -2.15. The molecule has 0 bridgehead atoms. The maximum atomic E-state index is 9.68. The molecule has 1 heterocycles. The molecule has 1 aliphatic heterocycles. The fraction of sp³-hybridized carbons (Fsp3) is 0.333. The largest absolute Gasteiger partial charge is 0.486 e. The van der Waals surface area contributed by atoms with Crippen LogP contribution in [0, 0.1) is 12.3 Å². The molecule has 1 aliphatic rings. The molecule has 15 heavy (non-hydrogen) atoms. The van der Waals surface area contributed by atoms with Gasteiger partial charge in [-0.15, -0.1) is 12.3 Å². The Bertz CT molecular complexity index is 392. The molecule has 0 saturated carbocycles. The Morgan fingerprint density at radius 3 is 2.80 bits per heavy atom. The first-order valence-electron chi connectivity index (χ1n) is 4.82. The van der Waals surface area contributed by atoms with Crippen LogP contribution >= 0.6 is 0 Å². The summed E-state index contributed by atoms with van der Waals surface area (Å²) in [6, 6.07) is 5.37. The third-order valence-corrected chi connectivity index (χ3v) is 2.26. The van der Waals surface area contributed by atoms with Gasteiger partial charge in [0.15, 0.2) is 11.5 Å². The maximum absolute atomic E-state index is 9.68. The number of fused-ring (bicyclic) bond motifs is 1. The summed E-state index contributed by atoms with van der Waals surface area (Å²) >= 11 is 0. The van der Waals surface area contributed by atoms with Gasteiger partial charge in [0.25, 0.3) is 0 Å². The van der Waals surface area contributed by atoms with E-state index in [-0.39, 0.29) is 0 Å². The van der Waals surface area contributed by atoms with Gasteiger partial charge in [-0.05, 0) is 17.7 Å². The van der Waals surface area contributed by atoms with Crippen molar-refractivity contribution >= 4 is 0 Å². The van der Waals surface area contributed by atoms with Crippen molar-refractivity contribution in [2.24, 2.45) is 0 Å². The molecular weight excluding hydrogens is 192 g/mol. The third-order valence-electron chi connectivity index (χ3n) is 2.26. The molecule has 0 saturated heterocycles. The zero-order valence-electron chi connectivity index (χ0n) is 8.27. The Kier molecular flexibility index (Phi) is 2.79. The molecule has 0 amide bonds. The summed E-state index contributed by atoms with van der Waals surface area (Å²) in [5.74, 6) is 3.82. The smallest absolute Gasteiger partial charge is 0.161 e. The van der Waals surface area contributed by atoms with Gasteiger partial charge >= 0.3 is 0 Å². The molecule has 78 valence electrons. The van der Waals surface area contributed by atoms with E-state index in [0.717, 1.165) is 11.3 Å². The standard InChI is InChI=1S/C12H12O3/c1-2-3-10(13)9-4-5-11-12(8-9)15-7-6-14-11/h1,4-5,8,10,13H,3,6-7H2. The van der Waals surface area contributed by atoms with Gasteiger partial charge in [-0.3, -0.25) is 0 Å². The van der Waals surface area contributed by atoms with Gasteiger partial charge in [0.1, 0.15) is 13.2 Å². The van der Waals surface area contributed by atoms with E-state index in [0.29, 0.717) is 25.4 Å². The van der Waals surface area contributed by atoms with Crippen molar-refractivity contribution in [1.82, 2.24) is 0 Å². The summed E-state index contributed by atoms with van der Waals surface area (Å²) in [5.41, 5.74) is 0.761. The van der Waals surface area contributed by atoms with Crippen molar-refractivity contribution in [2.75, 3.05) is 13.2 Å². The van der Waals surface area contributed by atoms with Gasteiger partial charge < -0.3 is 14.6 Å². The van der Waals surface area contributed by atoms with Crippen LogP contribution in [0.3, 0.4) is 0 Å². The lowest BCUT2D eigenvalue weighted by atomic mass is 10.1. The van der Waals surface area contributed by atoms with Crippen LogP contribution in [0.2, 0.25) is 0 Å². The van der Waals surface area contributed by atoms with E-state index in [9.17, 15) is 5.11 Å². The van der Waals surface area contributed by atoms with E-state index >= 15 is 0 Å². The van der Waals surface area contributed by atoms with E-state index in [1.807, 2.05) is 0 Å². The molecule has 2 rings (SSSR count). The molecular formula is C12H12O3. The molecule has 0 fully saturated rings. The Labute approximate surface area is 88.6 Å². The fourth-order valence-electron chi connectivity index (χ4n) is 1.50. The SMILES string of the molecule is C#CCC(O)c1ccc2c(c1)OCCO2. The van der Waals surface area contributed by atoms with Crippen LogP contribution in [0.4, 0.5) is 0 Å². The number of benzene rings is 1. The van der Waals surface area contributed by atoms with Crippen molar-refractivity contribution < 1.29 is 14.6 Å². The van der Waals surface area contributed by atoms with Gasteiger partial charge in [0.2, 0.25) is 0 Å². The van der Waals surface area contributed by atoms with Crippen molar-refractivity contribution in [3.05, 3.63) is 23.8 Å². The molecule has 0 radical (unpaired) electrons. The van der Waals surface area contributed by atoms with Crippen LogP contribution in [0.15, 0.2) is 18.2 Å². The van der Waals surface area contributed by atoms with Gasteiger partial charge in [0, 0.05) is 6.42 Å². The second-order valence-electron chi connectivity index (χ2n) is 3.33. The first-order valence-corrected chi connectivity index (χ1v) is 4.82. The lowest BCUT2D eigenvalue weighted by Gasteiger charge is -2.19. The molecule has 0 aromatic heterocycles. The molecule has 3 heteroatoms. The minimum atomic E-state index is -0.633. The minimum absolute atomic E-state index is 0.305. The summed E-state index contributed by atoms with van der Waals surface area (Å²) in [6.07, 6.45) is 4.81. The Morgan fingerprint density at radius 1 is 1.33 bits per heavy atom. The highest BCUT2D eigenvalue weighted by molar-refractivity contribution is 5.44. The second-order valence-corrected chi connectivity index (χ2v) is 3.33. The summed E-state index contributed by atoms with van der Waals surface area (Å²) in [4.78, 5) is 0. The Morgan fingerprint density at radius 2 is 2.07 bits per heavy atom. The molecule has 1 atom stereocenters. The topological polar surface area (TPSA) is 38.7 Å². The third kappa shape index (κ3) is 2.05. The number of ether oxygens (including phenoxy) is 2. The van der Waals surface area contributed by atoms with Crippen LogP contribution in [0.25, 0.3) is 0 Å². The van der Waals surface area contributed by atoms with Gasteiger partial charge in [-0.25, -0.2) is 0 Å². The first kappa shape index (κ1) is 9.88. The van der Waals surface area contributed by atoms with E-state index in [1.165, 1.54) is 0 Å². The normalized spacial score (nSPS) is 15.5. The van der Waals surface area contributed by atoms with Crippen LogP contribution < -0.4 is 9.47 Å². The van der Waals surface area contributed by atoms with Crippen LogP contribution in [-0.2, 0) is 0 Å². The maximum Gasteiger partial charge on any atom is 0.161 e. The monoisotopic (exact) mass is 204 g/mol. The predicted octanol–water partition coefficient (Wildman–Crippen LogP) is 1.51. The van der Waals surface area contributed by atoms with Crippen LogP contribution in [0.5, 0.6) is 11.5 Å². The van der Waals surface area contributed by atoms with Crippen LogP contribution in [-0.4, -0.2) is 18.3 Å². The second kappa shape index (κ2) is 4.24. The van der Waals surface area contributed by atoms with Gasteiger partial charge in [-0.1, -0.05) is 6.07 Å². The van der Waals surface area contributed by atoms with Gasteiger partial charge in [-0.2, -0.15) is 0 Å². The summed E-state index contributed by atoms with van der Waals surface area (Å²) < 4.78 is 10.8. The molecule has 0 aliphatic carbocycles. The summed E-state index contributed by atoms with van der Waals surface area (Å²) in [7, 11) is 0. The van der Waals surface area contributed by atoms with Crippen LogP contribution in [0.1, 0.15) is 18.1 Å². The summed E-state index contributed by atoms with van der Waals surface area (Å²) in [6.45, 7) is 1.11. The molecule has 1 unspecified atom stereocenters. The number of hydrogen-bond acceptors (Lipinski definition) is 3. The molecule has 1 aromatic carbocycles. The number of aliphatic hydroxyl groups is 1. The average molecular weight is 204 g/mol. The predicted molar refractivity (Wildman–Crippen MR) is 55.8 cm³/mol. The lowest BCUT2D eigenvalue weighted by molar-refractivity contribution is 0.166. The number of terminal acetylenes is 1. The molecule has 0 spiro atoms. The van der Waals surface area contributed by atoms with E-state index < -0.39 is 6.10 Å². The highest BCUT2D eigenvalue weighted by Crippen LogP contribution is 2.33. The molecule has 3 nitrogen and oxygen atoms in total. The van der Waals surface area contributed by atoms with E-state index in [2.05, 4.69) is 5.92 Å². The van der Waals surface area contributed by atoms with E-state index in [4.69, 9.17) is 15.9 Å². The van der Waals surface area contributed by atoms with E-state index in [1.54, 1.807) is 18.2 Å². The minimum Gasteiger partial charge on any atom is -0.486 e. The van der Waals surface area contributed by atoms with Crippen molar-refractivity contribution in [3.8, 4) is 23.8 Å². The van der Waals surface area contributed by atoms with Crippen molar-refractivity contribution in [1.29, 1.82) is 0 Å². The molecule has 1 aromatic rings. The average Bonchev–Trinajstić information content (AvgIpc) is 2.29. The number of hydrogen-bond donors (Lipinski definition) is 1. The fourth-order valence-corrected chi connectivity index (χ4v) is 1.50. The van der Waals surface area contributed by atoms with Crippen molar-refractivity contribution in [2.45, 2.75) is 12.5 Å². The molecule has 1 N–H and O–H groups in total. The zero-order chi connectivity index (χ0) is 10.7. The van der Waals surface area contributed by atoms with Gasteiger partial charge in [0.05, 0.1) is 6.10 Å². The summed E-state index contributed by atoms with van der Waals surface area (Å²) in [5, 5.41) is 9.68. The van der Waals surface area contributed by atoms with Crippen molar-refractivity contribution in [3.63, 3.8) is 0 Å². The number of aliphatic hydroxyl groups excluding tert-OH is 1. The Balaban J connectivity index is 2.24. The quantitative estimate of drug-likeness (QED) is 0.742. The Hall–Kier alpha value is -1.66. The highest BCUT2D eigenvalue weighted by Gasteiger charge is 2.14. The number of rotatable bonds is 2. The zero-order valence-corrected chi connectivity index (χ0v) is 8.27.